The van der Waals surface area contributed by atoms with Crippen molar-refractivity contribution >= 4 is 11.9 Å². The number of rotatable bonds is 2. The van der Waals surface area contributed by atoms with Gasteiger partial charge in [-0.25, -0.2) is 4.79 Å². The molecule has 2 heterocycles. The third-order valence-corrected chi connectivity index (χ3v) is 3.26. The highest BCUT2D eigenvalue weighted by Crippen LogP contribution is 2.21. The van der Waals surface area contributed by atoms with E-state index in [1.165, 1.54) is 11.1 Å². The Balaban J connectivity index is 2.26. The molecule has 1 fully saturated rings. The number of aryl methyl sites for hydroxylation is 1. The number of hydrogen-bond donors (Lipinski definition) is 1. The van der Waals surface area contributed by atoms with Crippen LogP contribution in [0.3, 0.4) is 0 Å². The van der Waals surface area contributed by atoms with Gasteiger partial charge in [0.25, 0.3) is 5.91 Å². The lowest BCUT2D eigenvalue weighted by atomic mass is 10.2. The summed E-state index contributed by atoms with van der Waals surface area (Å²) in [5.41, 5.74) is 1.24. The van der Waals surface area contributed by atoms with Crippen molar-refractivity contribution in [2.24, 2.45) is 7.05 Å². The van der Waals surface area contributed by atoms with Crippen LogP contribution in [-0.4, -0.2) is 44.3 Å². The van der Waals surface area contributed by atoms with Crippen LogP contribution in [0.2, 0.25) is 0 Å². The third kappa shape index (κ3) is 1.90. The molecule has 0 aliphatic carbocycles. The van der Waals surface area contributed by atoms with E-state index in [4.69, 9.17) is 5.11 Å². The molecule has 0 unspecified atom stereocenters. The molecular weight excluding hydrogens is 222 g/mol. The molecule has 1 aliphatic heterocycles. The molecule has 2 rings (SSSR count). The lowest BCUT2D eigenvalue weighted by Crippen LogP contribution is -2.40. The first-order chi connectivity index (χ1) is 8.02. The summed E-state index contributed by atoms with van der Waals surface area (Å²) in [4.78, 5) is 24.7. The topological polar surface area (TPSA) is 75.4 Å². The van der Waals surface area contributed by atoms with E-state index in [2.05, 4.69) is 5.10 Å². The van der Waals surface area contributed by atoms with Crippen molar-refractivity contribution in [3.05, 3.63) is 17.5 Å². The van der Waals surface area contributed by atoms with Gasteiger partial charge in [0.1, 0.15) is 6.04 Å². The maximum absolute atomic E-state index is 12.2. The summed E-state index contributed by atoms with van der Waals surface area (Å²) in [5.74, 6) is -1.17. The van der Waals surface area contributed by atoms with E-state index in [-0.39, 0.29) is 5.91 Å². The Labute approximate surface area is 98.8 Å². The van der Waals surface area contributed by atoms with Gasteiger partial charge < -0.3 is 10.0 Å². The van der Waals surface area contributed by atoms with Crippen molar-refractivity contribution in [1.82, 2.24) is 14.7 Å². The van der Waals surface area contributed by atoms with Crippen LogP contribution in [0.5, 0.6) is 0 Å². The highest BCUT2D eigenvalue weighted by Gasteiger charge is 2.35. The second-order valence-electron chi connectivity index (χ2n) is 4.26. The zero-order valence-electron chi connectivity index (χ0n) is 9.88. The third-order valence-electron chi connectivity index (χ3n) is 3.26. The predicted molar refractivity (Wildman–Crippen MR) is 59.6 cm³/mol. The second kappa shape index (κ2) is 4.20. The van der Waals surface area contributed by atoms with Gasteiger partial charge in [0, 0.05) is 19.3 Å². The summed E-state index contributed by atoms with van der Waals surface area (Å²) in [6.07, 6.45) is 2.76. The number of carboxylic acids is 1. The smallest absolute Gasteiger partial charge is 0.326 e. The molecule has 1 aromatic rings. The molecule has 17 heavy (non-hydrogen) atoms. The van der Waals surface area contributed by atoms with Gasteiger partial charge in [0.2, 0.25) is 0 Å². The minimum Gasteiger partial charge on any atom is -0.480 e. The number of carbonyl (C=O) groups excluding carboxylic acids is 1. The Hall–Kier alpha value is -1.85. The monoisotopic (exact) mass is 237 g/mol. The van der Waals surface area contributed by atoms with Gasteiger partial charge in [-0.1, -0.05) is 0 Å². The molecular formula is C11H15N3O3. The molecule has 92 valence electrons. The normalized spacial score (nSPS) is 19.6. The molecule has 1 saturated heterocycles. The summed E-state index contributed by atoms with van der Waals surface area (Å²) in [6, 6.07) is -0.692. The van der Waals surface area contributed by atoms with Crippen molar-refractivity contribution in [2.75, 3.05) is 6.54 Å². The van der Waals surface area contributed by atoms with Crippen LogP contribution >= 0.6 is 0 Å². The molecule has 1 N–H and O–H groups in total. The average molecular weight is 237 g/mol. The minimum atomic E-state index is -0.933. The minimum absolute atomic E-state index is 0.236. The number of amides is 1. The summed E-state index contributed by atoms with van der Waals surface area (Å²) < 4.78 is 1.61. The zero-order chi connectivity index (χ0) is 12.6. The Morgan fingerprint density at radius 3 is 2.76 bits per heavy atom. The van der Waals surface area contributed by atoms with E-state index < -0.39 is 12.0 Å². The fourth-order valence-electron chi connectivity index (χ4n) is 2.13. The molecule has 0 saturated carbocycles. The number of nitrogens with zero attached hydrogens (tertiary/aromatic N) is 3. The first-order valence-electron chi connectivity index (χ1n) is 5.54. The molecule has 6 heteroatoms. The van der Waals surface area contributed by atoms with E-state index in [0.29, 0.717) is 18.5 Å². The van der Waals surface area contributed by atoms with E-state index in [1.807, 2.05) is 0 Å². The Bertz CT molecular complexity index is 467. The molecule has 1 aliphatic rings. The number of likely N-dealkylation sites (tertiary alicyclic amines) is 1. The van der Waals surface area contributed by atoms with E-state index in [1.54, 1.807) is 18.7 Å². The van der Waals surface area contributed by atoms with Crippen molar-refractivity contribution in [3.63, 3.8) is 0 Å². The fourth-order valence-corrected chi connectivity index (χ4v) is 2.13. The molecule has 1 aromatic heterocycles. The maximum atomic E-state index is 12.2. The molecule has 1 atom stereocenters. The van der Waals surface area contributed by atoms with Crippen LogP contribution in [0.15, 0.2) is 6.20 Å². The molecule has 1 amide bonds. The SMILES string of the molecule is Cc1c(C(=O)N2CCC[C@H]2C(=O)O)cnn1C. The largest absolute Gasteiger partial charge is 0.480 e. The predicted octanol–water partition coefficient (Wildman–Crippen LogP) is 0.418. The van der Waals surface area contributed by atoms with Gasteiger partial charge in [-0.2, -0.15) is 5.10 Å². The molecule has 0 radical (unpaired) electrons. The summed E-state index contributed by atoms with van der Waals surface area (Å²) >= 11 is 0. The highest BCUT2D eigenvalue weighted by molar-refractivity contribution is 5.97. The Kier molecular flexibility index (Phi) is 2.87. The molecule has 6 nitrogen and oxygen atoms in total. The average Bonchev–Trinajstić information content (AvgIpc) is 2.87. The number of hydrogen-bond acceptors (Lipinski definition) is 3. The summed E-state index contributed by atoms with van der Waals surface area (Å²) in [5, 5.41) is 13.0. The maximum Gasteiger partial charge on any atom is 0.326 e. The second-order valence-corrected chi connectivity index (χ2v) is 4.26. The van der Waals surface area contributed by atoms with Crippen molar-refractivity contribution in [2.45, 2.75) is 25.8 Å². The van der Waals surface area contributed by atoms with Gasteiger partial charge in [-0.15, -0.1) is 0 Å². The van der Waals surface area contributed by atoms with Crippen LogP contribution < -0.4 is 0 Å². The van der Waals surface area contributed by atoms with Crippen molar-refractivity contribution < 1.29 is 14.7 Å². The van der Waals surface area contributed by atoms with E-state index in [9.17, 15) is 9.59 Å². The van der Waals surface area contributed by atoms with Crippen LogP contribution in [-0.2, 0) is 11.8 Å². The van der Waals surface area contributed by atoms with E-state index >= 15 is 0 Å². The van der Waals surface area contributed by atoms with Crippen LogP contribution in [0, 0.1) is 6.92 Å². The first kappa shape index (κ1) is 11.6. The Morgan fingerprint density at radius 2 is 2.24 bits per heavy atom. The van der Waals surface area contributed by atoms with Gasteiger partial charge in [-0.05, 0) is 19.8 Å². The molecule has 0 spiro atoms. The lowest BCUT2D eigenvalue weighted by Gasteiger charge is -2.21. The zero-order valence-corrected chi connectivity index (χ0v) is 9.88. The van der Waals surface area contributed by atoms with Gasteiger partial charge in [0.15, 0.2) is 0 Å². The molecule has 0 aromatic carbocycles. The van der Waals surface area contributed by atoms with Gasteiger partial charge in [-0.3, -0.25) is 9.48 Å². The molecule has 0 bridgehead atoms. The van der Waals surface area contributed by atoms with Crippen molar-refractivity contribution in [3.8, 4) is 0 Å². The Morgan fingerprint density at radius 1 is 1.53 bits per heavy atom. The van der Waals surface area contributed by atoms with Crippen LogP contribution in [0.1, 0.15) is 28.9 Å². The number of carbonyl (C=O) groups is 2. The fraction of sp³-hybridized carbons (Fsp3) is 0.545. The first-order valence-corrected chi connectivity index (χ1v) is 5.54. The summed E-state index contributed by atoms with van der Waals surface area (Å²) in [7, 11) is 1.75. The van der Waals surface area contributed by atoms with Gasteiger partial charge >= 0.3 is 5.97 Å². The highest BCUT2D eigenvalue weighted by atomic mass is 16.4. The van der Waals surface area contributed by atoms with E-state index in [0.717, 1.165) is 12.1 Å². The quantitative estimate of drug-likeness (QED) is 0.808. The van der Waals surface area contributed by atoms with Gasteiger partial charge in [0.05, 0.1) is 11.8 Å². The number of carboxylic acid groups (broad SMARTS) is 1. The van der Waals surface area contributed by atoms with Crippen molar-refractivity contribution in [1.29, 1.82) is 0 Å². The van der Waals surface area contributed by atoms with Crippen LogP contribution in [0.25, 0.3) is 0 Å². The number of aliphatic carboxylic acids is 1. The standard InChI is InChI=1S/C11H15N3O3/c1-7-8(6-12-13(7)2)10(15)14-5-3-4-9(14)11(16)17/h6,9H,3-5H2,1-2H3,(H,16,17)/t9-/m0/s1. The number of aromatic nitrogens is 2. The lowest BCUT2D eigenvalue weighted by molar-refractivity contribution is -0.141. The summed E-state index contributed by atoms with van der Waals surface area (Å²) in [6.45, 7) is 2.30. The van der Waals surface area contributed by atoms with Crippen LogP contribution in [0.4, 0.5) is 0 Å².